The third-order valence-corrected chi connectivity index (χ3v) is 4.36. The average molecular weight is 256 g/mol. The zero-order valence-electron chi connectivity index (χ0n) is 12.5. The van der Waals surface area contributed by atoms with Crippen LogP contribution in [0.25, 0.3) is 0 Å². The molecule has 1 aliphatic carbocycles. The first-order valence-corrected chi connectivity index (χ1v) is 7.93. The lowest BCUT2D eigenvalue weighted by Gasteiger charge is -2.31. The van der Waals surface area contributed by atoms with Gasteiger partial charge in [0.1, 0.15) is 0 Å². The van der Waals surface area contributed by atoms with Crippen LogP contribution >= 0.6 is 0 Å². The second-order valence-corrected chi connectivity index (χ2v) is 5.71. The van der Waals surface area contributed by atoms with Gasteiger partial charge in [0.05, 0.1) is 0 Å². The third-order valence-electron chi connectivity index (χ3n) is 4.36. The van der Waals surface area contributed by atoms with Crippen molar-refractivity contribution in [3.8, 4) is 0 Å². The molecule has 2 heteroatoms. The molecule has 0 aromatic carbocycles. The molecule has 0 N–H and O–H groups in total. The van der Waals surface area contributed by atoms with E-state index in [1.165, 1.54) is 70.6 Å². The summed E-state index contributed by atoms with van der Waals surface area (Å²) in [5.74, 6) is -0.301. The number of methoxy groups -OCH3 is 2. The summed E-state index contributed by atoms with van der Waals surface area (Å²) in [4.78, 5) is 0. The maximum absolute atomic E-state index is 5.67. The van der Waals surface area contributed by atoms with Gasteiger partial charge in [-0.15, -0.1) is 0 Å². The van der Waals surface area contributed by atoms with Crippen LogP contribution in [-0.4, -0.2) is 20.0 Å². The Hall–Kier alpha value is -0.0800. The third kappa shape index (κ3) is 6.19. The van der Waals surface area contributed by atoms with Crippen LogP contribution in [0, 0.1) is 0 Å². The molecule has 2 nitrogen and oxygen atoms in total. The molecule has 0 aromatic heterocycles. The zero-order chi connectivity index (χ0) is 13.1. The molecule has 0 amide bonds. The SMILES string of the molecule is COC1(OC)CCCCCCCCCCCCC1. The minimum Gasteiger partial charge on any atom is -0.353 e. The van der Waals surface area contributed by atoms with Gasteiger partial charge in [-0.05, 0) is 12.8 Å². The molecule has 1 fully saturated rings. The van der Waals surface area contributed by atoms with Crippen molar-refractivity contribution >= 4 is 0 Å². The maximum Gasteiger partial charge on any atom is 0.167 e. The van der Waals surface area contributed by atoms with Crippen molar-refractivity contribution in [2.75, 3.05) is 14.2 Å². The van der Waals surface area contributed by atoms with E-state index in [0.717, 1.165) is 12.8 Å². The molecule has 0 atom stereocenters. The summed E-state index contributed by atoms with van der Waals surface area (Å²) in [6.07, 6.45) is 17.1. The van der Waals surface area contributed by atoms with Crippen molar-refractivity contribution in [1.29, 1.82) is 0 Å². The largest absolute Gasteiger partial charge is 0.353 e. The molecule has 0 heterocycles. The Labute approximate surface area is 113 Å². The fraction of sp³-hybridized carbons (Fsp3) is 1.00. The summed E-state index contributed by atoms with van der Waals surface area (Å²) in [5.41, 5.74) is 0. The average Bonchev–Trinajstić information content (AvgIpc) is 2.41. The Morgan fingerprint density at radius 3 is 1.06 bits per heavy atom. The summed E-state index contributed by atoms with van der Waals surface area (Å²) < 4.78 is 11.3. The van der Waals surface area contributed by atoms with E-state index in [4.69, 9.17) is 9.47 Å². The second-order valence-electron chi connectivity index (χ2n) is 5.71. The predicted octanol–water partition coefficient (Wildman–Crippen LogP) is 5.06. The van der Waals surface area contributed by atoms with Crippen molar-refractivity contribution < 1.29 is 9.47 Å². The van der Waals surface area contributed by atoms with Crippen LogP contribution in [0.5, 0.6) is 0 Å². The lowest BCUT2D eigenvalue weighted by molar-refractivity contribution is -0.216. The summed E-state index contributed by atoms with van der Waals surface area (Å²) >= 11 is 0. The summed E-state index contributed by atoms with van der Waals surface area (Å²) in [6.45, 7) is 0. The van der Waals surface area contributed by atoms with Gasteiger partial charge in [-0.1, -0.05) is 57.8 Å². The highest BCUT2D eigenvalue weighted by Crippen LogP contribution is 2.27. The number of ether oxygens (including phenoxy) is 2. The van der Waals surface area contributed by atoms with Crippen LogP contribution in [0.15, 0.2) is 0 Å². The molecule has 0 saturated heterocycles. The van der Waals surface area contributed by atoms with E-state index in [1.54, 1.807) is 14.2 Å². The molecule has 1 aliphatic rings. The quantitative estimate of drug-likeness (QED) is 0.643. The lowest BCUT2D eigenvalue weighted by atomic mass is 9.97. The molecule has 0 aliphatic heterocycles. The lowest BCUT2D eigenvalue weighted by Crippen LogP contribution is -2.33. The highest BCUT2D eigenvalue weighted by atomic mass is 16.7. The Morgan fingerprint density at radius 1 is 0.500 bits per heavy atom. The first-order chi connectivity index (χ1) is 8.83. The molecule has 0 aromatic rings. The minimum absolute atomic E-state index is 0.301. The second kappa shape index (κ2) is 9.80. The van der Waals surface area contributed by atoms with E-state index in [9.17, 15) is 0 Å². The van der Waals surface area contributed by atoms with Gasteiger partial charge in [0, 0.05) is 27.1 Å². The molecule has 0 bridgehead atoms. The summed E-state index contributed by atoms with van der Waals surface area (Å²) in [6, 6.07) is 0. The fourth-order valence-corrected chi connectivity index (χ4v) is 3.00. The molecule has 1 saturated carbocycles. The first-order valence-electron chi connectivity index (χ1n) is 7.93. The number of hydrogen-bond donors (Lipinski definition) is 0. The molecular weight excluding hydrogens is 224 g/mol. The first kappa shape index (κ1) is 16.0. The smallest absolute Gasteiger partial charge is 0.167 e. The Bertz CT molecular complexity index is 172. The van der Waals surface area contributed by atoms with Crippen LogP contribution in [0.3, 0.4) is 0 Å². The highest BCUT2D eigenvalue weighted by molar-refractivity contribution is 4.70. The van der Waals surface area contributed by atoms with Crippen LogP contribution in [0.1, 0.15) is 83.5 Å². The van der Waals surface area contributed by atoms with E-state index in [1.807, 2.05) is 0 Å². The van der Waals surface area contributed by atoms with Crippen molar-refractivity contribution in [2.45, 2.75) is 89.3 Å². The van der Waals surface area contributed by atoms with Gasteiger partial charge in [0.25, 0.3) is 0 Å². The molecule has 0 spiro atoms. The fourth-order valence-electron chi connectivity index (χ4n) is 3.00. The highest BCUT2D eigenvalue weighted by Gasteiger charge is 2.28. The van der Waals surface area contributed by atoms with Gasteiger partial charge in [-0.25, -0.2) is 0 Å². The van der Waals surface area contributed by atoms with Crippen molar-refractivity contribution in [1.82, 2.24) is 0 Å². The van der Waals surface area contributed by atoms with Gasteiger partial charge in [0.15, 0.2) is 5.79 Å². The van der Waals surface area contributed by atoms with E-state index < -0.39 is 0 Å². The Kier molecular flexibility index (Phi) is 8.70. The molecule has 108 valence electrons. The van der Waals surface area contributed by atoms with E-state index in [0.29, 0.717) is 0 Å². The van der Waals surface area contributed by atoms with Crippen LogP contribution in [0.2, 0.25) is 0 Å². The summed E-state index contributed by atoms with van der Waals surface area (Å²) in [7, 11) is 3.60. The van der Waals surface area contributed by atoms with Crippen LogP contribution in [0.4, 0.5) is 0 Å². The van der Waals surface area contributed by atoms with E-state index in [-0.39, 0.29) is 5.79 Å². The number of hydrogen-bond acceptors (Lipinski definition) is 2. The van der Waals surface area contributed by atoms with Crippen LogP contribution in [-0.2, 0) is 9.47 Å². The topological polar surface area (TPSA) is 18.5 Å². The van der Waals surface area contributed by atoms with Crippen molar-refractivity contribution in [3.63, 3.8) is 0 Å². The molecule has 0 radical (unpaired) electrons. The summed E-state index contributed by atoms with van der Waals surface area (Å²) in [5, 5.41) is 0. The van der Waals surface area contributed by atoms with E-state index in [2.05, 4.69) is 0 Å². The molecule has 1 rings (SSSR count). The van der Waals surface area contributed by atoms with Gasteiger partial charge >= 0.3 is 0 Å². The predicted molar refractivity (Wildman–Crippen MR) is 76.8 cm³/mol. The molecule has 0 unspecified atom stereocenters. The van der Waals surface area contributed by atoms with Gasteiger partial charge in [-0.3, -0.25) is 0 Å². The standard InChI is InChI=1S/C16H32O2/c1-17-16(18-2)14-12-10-8-6-4-3-5-7-9-11-13-15-16/h3-15H2,1-2H3. The van der Waals surface area contributed by atoms with Crippen molar-refractivity contribution in [3.05, 3.63) is 0 Å². The zero-order valence-corrected chi connectivity index (χ0v) is 12.5. The van der Waals surface area contributed by atoms with Crippen molar-refractivity contribution in [2.24, 2.45) is 0 Å². The van der Waals surface area contributed by atoms with Crippen LogP contribution < -0.4 is 0 Å². The van der Waals surface area contributed by atoms with E-state index >= 15 is 0 Å². The monoisotopic (exact) mass is 256 g/mol. The van der Waals surface area contributed by atoms with Gasteiger partial charge < -0.3 is 9.47 Å². The Morgan fingerprint density at radius 2 is 0.778 bits per heavy atom. The maximum atomic E-state index is 5.67. The number of rotatable bonds is 2. The minimum atomic E-state index is -0.301. The van der Waals surface area contributed by atoms with Gasteiger partial charge in [0.2, 0.25) is 0 Å². The molecule has 18 heavy (non-hydrogen) atoms. The van der Waals surface area contributed by atoms with Gasteiger partial charge in [-0.2, -0.15) is 0 Å². The normalized spacial score (nSPS) is 24.3. The molecular formula is C16H32O2. The Balaban J connectivity index is 2.38.